The van der Waals surface area contributed by atoms with Gasteiger partial charge in [0.25, 0.3) is 5.91 Å². The summed E-state index contributed by atoms with van der Waals surface area (Å²) in [4.78, 5) is 13.3. The molecule has 0 unspecified atom stereocenters. The van der Waals surface area contributed by atoms with Gasteiger partial charge < -0.3 is 5.32 Å². The summed E-state index contributed by atoms with van der Waals surface area (Å²) in [6.07, 6.45) is 3.65. The standard InChI is InChI=1S/C21H18FN3OS/c1-14-19-17(22)8-4-9-18(19)27-20(14)21(26)23-12-15-6-2-3-7-16(15)13-25-11-5-10-24-25/h2-11H,12-13H2,1H3,(H,23,26). The van der Waals surface area contributed by atoms with Crippen molar-refractivity contribution < 1.29 is 9.18 Å². The smallest absolute Gasteiger partial charge is 0.261 e. The average molecular weight is 379 g/mol. The second-order valence-corrected chi connectivity index (χ2v) is 7.38. The molecule has 1 amide bonds. The lowest BCUT2D eigenvalue weighted by molar-refractivity contribution is 0.0954. The van der Waals surface area contributed by atoms with Gasteiger partial charge in [0.1, 0.15) is 5.82 Å². The third-order valence-electron chi connectivity index (χ3n) is 4.56. The number of carbonyl (C=O) groups excluding carboxylic acids is 1. The van der Waals surface area contributed by atoms with E-state index in [1.807, 2.05) is 47.3 Å². The number of nitrogens with zero attached hydrogens (tertiary/aromatic N) is 2. The summed E-state index contributed by atoms with van der Waals surface area (Å²) in [6.45, 7) is 2.85. The molecule has 0 atom stereocenters. The zero-order valence-electron chi connectivity index (χ0n) is 14.8. The van der Waals surface area contributed by atoms with Gasteiger partial charge in [0.05, 0.1) is 11.4 Å². The first kappa shape index (κ1) is 17.4. The van der Waals surface area contributed by atoms with Crippen LogP contribution in [0, 0.1) is 12.7 Å². The molecule has 0 aliphatic rings. The topological polar surface area (TPSA) is 46.9 Å². The fraction of sp³-hybridized carbons (Fsp3) is 0.143. The number of rotatable bonds is 5. The van der Waals surface area contributed by atoms with E-state index < -0.39 is 0 Å². The van der Waals surface area contributed by atoms with Crippen LogP contribution in [0.5, 0.6) is 0 Å². The number of aryl methyl sites for hydroxylation is 1. The molecule has 2 aromatic heterocycles. The van der Waals surface area contributed by atoms with Crippen molar-refractivity contribution in [1.82, 2.24) is 15.1 Å². The van der Waals surface area contributed by atoms with E-state index in [9.17, 15) is 9.18 Å². The van der Waals surface area contributed by atoms with Crippen LogP contribution in [0.4, 0.5) is 4.39 Å². The van der Waals surface area contributed by atoms with E-state index in [0.29, 0.717) is 28.9 Å². The minimum atomic E-state index is -0.287. The highest BCUT2D eigenvalue weighted by molar-refractivity contribution is 7.21. The van der Waals surface area contributed by atoms with Gasteiger partial charge in [-0.05, 0) is 41.8 Å². The van der Waals surface area contributed by atoms with Crippen LogP contribution < -0.4 is 5.32 Å². The number of benzene rings is 2. The number of amides is 1. The van der Waals surface area contributed by atoms with Gasteiger partial charge >= 0.3 is 0 Å². The molecule has 6 heteroatoms. The van der Waals surface area contributed by atoms with Crippen LogP contribution in [0.15, 0.2) is 60.9 Å². The average Bonchev–Trinajstić information content (AvgIpc) is 3.29. The molecule has 0 fully saturated rings. The molecule has 2 aromatic carbocycles. The predicted octanol–water partition coefficient (Wildman–Crippen LogP) is 4.52. The SMILES string of the molecule is Cc1c(C(=O)NCc2ccccc2Cn2cccn2)sc2cccc(F)c12. The highest BCUT2D eigenvalue weighted by Crippen LogP contribution is 2.32. The molecular formula is C21H18FN3OS. The minimum Gasteiger partial charge on any atom is -0.347 e. The van der Waals surface area contributed by atoms with Crippen LogP contribution in [0.25, 0.3) is 10.1 Å². The van der Waals surface area contributed by atoms with Crippen LogP contribution in [-0.4, -0.2) is 15.7 Å². The summed E-state index contributed by atoms with van der Waals surface area (Å²) < 4.78 is 16.7. The van der Waals surface area contributed by atoms with E-state index in [-0.39, 0.29) is 11.7 Å². The molecule has 27 heavy (non-hydrogen) atoms. The molecular weight excluding hydrogens is 361 g/mol. The summed E-state index contributed by atoms with van der Waals surface area (Å²) in [5.41, 5.74) is 2.82. The van der Waals surface area contributed by atoms with Gasteiger partial charge in [-0.25, -0.2) is 4.39 Å². The van der Waals surface area contributed by atoms with Gasteiger partial charge in [-0.1, -0.05) is 30.3 Å². The Morgan fingerprint density at radius 1 is 1.15 bits per heavy atom. The van der Waals surface area contributed by atoms with Crippen molar-refractivity contribution in [2.75, 3.05) is 0 Å². The summed E-state index contributed by atoms with van der Waals surface area (Å²) in [6, 6.07) is 14.8. The third kappa shape index (κ3) is 3.48. The van der Waals surface area contributed by atoms with E-state index in [4.69, 9.17) is 0 Å². The summed E-state index contributed by atoms with van der Waals surface area (Å²) >= 11 is 1.32. The summed E-state index contributed by atoms with van der Waals surface area (Å²) in [5.74, 6) is -0.466. The van der Waals surface area contributed by atoms with Crippen LogP contribution >= 0.6 is 11.3 Å². The molecule has 0 aliphatic carbocycles. The monoisotopic (exact) mass is 379 g/mol. The largest absolute Gasteiger partial charge is 0.347 e. The molecule has 0 saturated carbocycles. The van der Waals surface area contributed by atoms with Crippen molar-refractivity contribution >= 4 is 27.3 Å². The molecule has 4 rings (SSSR count). The molecule has 1 N–H and O–H groups in total. The fourth-order valence-electron chi connectivity index (χ4n) is 3.18. The fourth-order valence-corrected chi connectivity index (χ4v) is 4.32. The number of halogens is 1. The van der Waals surface area contributed by atoms with E-state index in [1.54, 1.807) is 19.2 Å². The first-order chi connectivity index (χ1) is 13.1. The van der Waals surface area contributed by atoms with Gasteiger partial charge in [0, 0.05) is 29.0 Å². The van der Waals surface area contributed by atoms with Crippen molar-refractivity contribution in [3.8, 4) is 0 Å². The number of aromatic nitrogens is 2. The molecule has 0 bridgehead atoms. The Morgan fingerprint density at radius 3 is 2.70 bits per heavy atom. The number of hydrogen-bond acceptors (Lipinski definition) is 3. The number of thiophene rings is 1. The number of carbonyl (C=O) groups is 1. The van der Waals surface area contributed by atoms with Gasteiger partial charge in [-0.15, -0.1) is 11.3 Å². The highest BCUT2D eigenvalue weighted by atomic mass is 32.1. The van der Waals surface area contributed by atoms with Crippen LogP contribution in [-0.2, 0) is 13.1 Å². The molecule has 2 heterocycles. The number of nitrogens with one attached hydrogen (secondary N) is 1. The molecule has 136 valence electrons. The lowest BCUT2D eigenvalue weighted by Crippen LogP contribution is -2.23. The molecule has 4 aromatic rings. The zero-order chi connectivity index (χ0) is 18.8. The first-order valence-electron chi connectivity index (χ1n) is 8.63. The van der Waals surface area contributed by atoms with E-state index in [1.165, 1.54) is 17.4 Å². The van der Waals surface area contributed by atoms with Crippen LogP contribution in [0.2, 0.25) is 0 Å². The predicted molar refractivity (Wildman–Crippen MR) is 105 cm³/mol. The van der Waals surface area contributed by atoms with E-state index in [2.05, 4.69) is 10.4 Å². The van der Waals surface area contributed by atoms with Gasteiger partial charge in [-0.2, -0.15) is 5.10 Å². The third-order valence-corrected chi connectivity index (χ3v) is 5.81. The maximum atomic E-state index is 14.1. The lowest BCUT2D eigenvalue weighted by Gasteiger charge is -2.11. The Morgan fingerprint density at radius 2 is 1.96 bits per heavy atom. The number of hydrogen-bond donors (Lipinski definition) is 1. The van der Waals surface area contributed by atoms with Crippen molar-refractivity contribution in [3.05, 3.63) is 88.3 Å². The van der Waals surface area contributed by atoms with Crippen molar-refractivity contribution in [3.63, 3.8) is 0 Å². The molecule has 0 aliphatic heterocycles. The number of fused-ring (bicyclic) bond motifs is 1. The summed E-state index contributed by atoms with van der Waals surface area (Å²) in [7, 11) is 0. The van der Waals surface area contributed by atoms with Gasteiger partial charge in [-0.3, -0.25) is 9.48 Å². The molecule has 4 nitrogen and oxygen atoms in total. The molecule has 0 saturated heterocycles. The van der Waals surface area contributed by atoms with Crippen LogP contribution in [0.3, 0.4) is 0 Å². The maximum absolute atomic E-state index is 14.1. The lowest BCUT2D eigenvalue weighted by atomic mass is 10.1. The van der Waals surface area contributed by atoms with Crippen molar-refractivity contribution in [2.24, 2.45) is 0 Å². The zero-order valence-corrected chi connectivity index (χ0v) is 15.6. The molecule has 0 radical (unpaired) electrons. The van der Waals surface area contributed by atoms with Crippen LogP contribution in [0.1, 0.15) is 26.4 Å². The maximum Gasteiger partial charge on any atom is 0.261 e. The van der Waals surface area contributed by atoms with Crippen molar-refractivity contribution in [2.45, 2.75) is 20.0 Å². The normalized spacial score (nSPS) is 11.0. The Kier molecular flexibility index (Phi) is 4.73. The van der Waals surface area contributed by atoms with Gasteiger partial charge in [0.2, 0.25) is 0 Å². The molecule has 0 spiro atoms. The summed E-state index contributed by atoms with van der Waals surface area (Å²) in [5, 5.41) is 7.74. The van der Waals surface area contributed by atoms with Gasteiger partial charge in [0.15, 0.2) is 0 Å². The highest BCUT2D eigenvalue weighted by Gasteiger charge is 2.17. The first-order valence-corrected chi connectivity index (χ1v) is 9.45. The van der Waals surface area contributed by atoms with E-state index >= 15 is 0 Å². The Labute approximate surface area is 160 Å². The minimum absolute atomic E-state index is 0.179. The van der Waals surface area contributed by atoms with Crippen molar-refractivity contribution in [1.29, 1.82) is 0 Å². The quantitative estimate of drug-likeness (QED) is 0.554. The Balaban J connectivity index is 1.54. The van der Waals surface area contributed by atoms with E-state index in [0.717, 1.165) is 15.8 Å². The second kappa shape index (κ2) is 7.32. The Bertz CT molecular complexity index is 1100. The second-order valence-electron chi connectivity index (χ2n) is 6.32. The Hall–Kier alpha value is -2.99.